The summed E-state index contributed by atoms with van der Waals surface area (Å²) in [6.07, 6.45) is 6.05. The van der Waals surface area contributed by atoms with Gasteiger partial charge in [0.05, 0.1) is 19.5 Å². The van der Waals surface area contributed by atoms with Gasteiger partial charge in [0.25, 0.3) is 0 Å². The number of esters is 1. The zero-order chi connectivity index (χ0) is 8.81. The number of nitrogens with zero attached hydrogens (tertiary/aromatic N) is 2. The van der Waals surface area contributed by atoms with Crippen LogP contribution in [0.15, 0.2) is 24.5 Å². The van der Waals surface area contributed by atoms with Crippen molar-refractivity contribution in [2.45, 2.75) is 0 Å². The van der Waals surface area contributed by atoms with Crippen molar-refractivity contribution in [3.8, 4) is 0 Å². The molecule has 0 aromatic carbocycles. The van der Waals surface area contributed by atoms with Gasteiger partial charge in [-0.15, -0.1) is 0 Å². The van der Waals surface area contributed by atoms with Crippen LogP contribution in [-0.2, 0) is 9.53 Å². The van der Waals surface area contributed by atoms with E-state index in [0.717, 1.165) is 5.56 Å². The molecule has 1 aromatic rings. The van der Waals surface area contributed by atoms with Gasteiger partial charge in [-0.1, -0.05) is 0 Å². The summed E-state index contributed by atoms with van der Waals surface area (Å²) < 4.78 is 4.41. The number of ether oxygens (including phenoxy) is 1. The standard InChI is InChI=1S/C8H8N2O2/c1-12-8(11)3-2-7-4-5-9-10-6-7/h2-6H,1H3/b3-2+. The Hall–Kier alpha value is -1.71. The molecule has 0 radical (unpaired) electrons. The van der Waals surface area contributed by atoms with Gasteiger partial charge in [0.2, 0.25) is 0 Å². The second-order valence-electron chi connectivity index (χ2n) is 2.03. The van der Waals surface area contributed by atoms with Gasteiger partial charge in [-0.25, -0.2) is 4.79 Å². The first kappa shape index (κ1) is 8.39. The molecule has 62 valence electrons. The molecule has 4 heteroatoms. The average molecular weight is 164 g/mol. The van der Waals surface area contributed by atoms with Crippen LogP contribution < -0.4 is 0 Å². The molecule has 0 aliphatic carbocycles. The third-order valence-corrected chi connectivity index (χ3v) is 1.22. The molecule has 0 atom stereocenters. The number of hydrogen-bond donors (Lipinski definition) is 0. The highest BCUT2D eigenvalue weighted by Crippen LogP contribution is 1.96. The molecule has 0 saturated carbocycles. The van der Waals surface area contributed by atoms with Crippen LogP contribution in [0.25, 0.3) is 6.08 Å². The van der Waals surface area contributed by atoms with Gasteiger partial charge in [-0.2, -0.15) is 10.2 Å². The van der Waals surface area contributed by atoms with Crippen molar-refractivity contribution in [1.82, 2.24) is 10.2 Å². The van der Waals surface area contributed by atoms with E-state index in [1.165, 1.54) is 13.2 Å². The van der Waals surface area contributed by atoms with E-state index in [1.54, 1.807) is 24.5 Å². The molecule has 12 heavy (non-hydrogen) atoms. The van der Waals surface area contributed by atoms with E-state index >= 15 is 0 Å². The van der Waals surface area contributed by atoms with Crippen molar-refractivity contribution >= 4 is 12.0 Å². The Balaban J connectivity index is 2.64. The molecule has 1 heterocycles. The van der Waals surface area contributed by atoms with Gasteiger partial charge in [-0.3, -0.25) is 0 Å². The van der Waals surface area contributed by atoms with Crippen molar-refractivity contribution < 1.29 is 9.53 Å². The monoisotopic (exact) mass is 164 g/mol. The number of carbonyl (C=O) groups excluding carboxylic acids is 1. The first-order chi connectivity index (χ1) is 5.83. The van der Waals surface area contributed by atoms with E-state index in [9.17, 15) is 4.79 Å². The van der Waals surface area contributed by atoms with Crippen molar-refractivity contribution in [1.29, 1.82) is 0 Å². The second kappa shape index (κ2) is 4.23. The van der Waals surface area contributed by atoms with E-state index in [-0.39, 0.29) is 5.97 Å². The van der Waals surface area contributed by atoms with E-state index in [0.29, 0.717) is 0 Å². The topological polar surface area (TPSA) is 52.1 Å². The number of carbonyl (C=O) groups is 1. The number of hydrogen-bond acceptors (Lipinski definition) is 4. The third kappa shape index (κ3) is 2.49. The highest BCUT2D eigenvalue weighted by atomic mass is 16.5. The van der Waals surface area contributed by atoms with Crippen LogP contribution in [0.4, 0.5) is 0 Å². The van der Waals surface area contributed by atoms with Gasteiger partial charge < -0.3 is 4.74 Å². The smallest absolute Gasteiger partial charge is 0.330 e. The van der Waals surface area contributed by atoms with Gasteiger partial charge in [0.15, 0.2) is 0 Å². The maximum atomic E-state index is 10.6. The first-order valence-electron chi connectivity index (χ1n) is 3.35. The quantitative estimate of drug-likeness (QED) is 0.476. The molecule has 0 amide bonds. The fraction of sp³-hybridized carbons (Fsp3) is 0.125. The second-order valence-corrected chi connectivity index (χ2v) is 2.03. The molecule has 0 saturated heterocycles. The van der Waals surface area contributed by atoms with Crippen molar-refractivity contribution in [2.75, 3.05) is 7.11 Å². The molecule has 1 aromatic heterocycles. The minimum atomic E-state index is -0.383. The molecular weight excluding hydrogens is 156 g/mol. The molecule has 0 unspecified atom stereocenters. The molecule has 0 fully saturated rings. The van der Waals surface area contributed by atoms with Crippen LogP contribution in [0.5, 0.6) is 0 Å². The Kier molecular flexibility index (Phi) is 2.95. The predicted octanol–water partition coefficient (Wildman–Crippen LogP) is 0.663. The number of aromatic nitrogens is 2. The minimum absolute atomic E-state index is 0.383. The lowest BCUT2D eigenvalue weighted by molar-refractivity contribution is -0.134. The molecule has 0 spiro atoms. The Morgan fingerprint density at radius 3 is 3.00 bits per heavy atom. The highest BCUT2D eigenvalue weighted by Gasteiger charge is 1.90. The average Bonchev–Trinajstić information content (AvgIpc) is 2.16. The van der Waals surface area contributed by atoms with Gasteiger partial charge in [-0.05, 0) is 17.7 Å². The summed E-state index contributed by atoms with van der Waals surface area (Å²) in [7, 11) is 1.33. The Morgan fingerprint density at radius 1 is 1.58 bits per heavy atom. The molecule has 0 aliphatic rings. The Morgan fingerprint density at radius 2 is 2.42 bits per heavy atom. The first-order valence-corrected chi connectivity index (χ1v) is 3.35. The molecular formula is C8H8N2O2. The summed E-state index contributed by atoms with van der Waals surface area (Å²) >= 11 is 0. The Labute approximate surface area is 69.9 Å². The van der Waals surface area contributed by atoms with E-state index in [1.807, 2.05) is 0 Å². The normalized spacial score (nSPS) is 10.1. The van der Waals surface area contributed by atoms with Gasteiger partial charge in [0, 0.05) is 6.08 Å². The fourth-order valence-corrected chi connectivity index (χ4v) is 0.632. The summed E-state index contributed by atoms with van der Waals surface area (Å²) in [6, 6.07) is 1.74. The van der Waals surface area contributed by atoms with Crippen molar-refractivity contribution in [2.24, 2.45) is 0 Å². The van der Waals surface area contributed by atoms with E-state index < -0.39 is 0 Å². The molecule has 4 nitrogen and oxygen atoms in total. The van der Waals surface area contributed by atoms with Crippen LogP contribution in [0.1, 0.15) is 5.56 Å². The molecule has 0 N–H and O–H groups in total. The van der Waals surface area contributed by atoms with Crippen molar-refractivity contribution in [3.63, 3.8) is 0 Å². The SMILES string of the molecule is COC(=O)/C=C/c1ccnnc1. The predicted molar refractivity (Wildman–Crippen MR) is 43.1 cm³/mol. The molecule has 0 bridgehead atoms. The number of rotatable bonds is 2. The van der Waals surface area contributed by atoms with Crippen LogP contribution in [0.3, 0.4) is 0 Å². The van der Waals surface area contributed by atoms with Crippen LogP contribution in [-0.4, -0.2) is 23.3 Å². The third-order valence-electron chi connectivity index (χ3n) is 1.22. The van der Waals surface area contributed by atoms with E-state index in [4.69, 9.17) is 0 Å². The lowest BCUT2D eigenvalue weighted by atomic mass is 10.3. The summed E-state index contributed by atoms with van der Waals surface area (Å²) in [5.41, 5.74) is 0.815. The lowest BCUT2D eigenvalue weighted by Crippen LogP contribution is -1.93. The van der Waals surface area contributed by atoms with Crippen LogP contribution in [0, 0.1) is 0 Å². The van der Waals surface area contributed by atoms with E-state index in [2.05, 4.69) is 14.9 Å². The van der Waals surface area contributed by atoms with Gasteiger partial charge >= 0.3 is 5.97 Å². The van der Waals surface area contributed by atoms with Crippen molar-refractivity contribution in [3.05, 3.63) is 30.1 Å². The summed E-state index contributed by atoms with van der Waals surface area (Å²) in [6.45, 7) is 0. The molecule has 0 aliphatic heterocycles. The fourth-order valence-electron chi connectivity index (χ4n) is 0.632. The molecule has 1 rings (SSSR count). The van der Waals surface area contributed by atoms with Crippen LogP contribution in [0.2, 0.25) is 0 Å². The largest absolute Gasteiger partial charge is 0.466 e. The highest BCUT2D eigenvalue weighted by molar-refractivity contribution is 5.86. The van der Waals surface area contributed by atoms with Gasteiger partial charge in [0.1, 0.15) is 0 Å². The Bertz CT molecular complexity index is 282. The minimum Gasteiger partial charge on any atom is -0.466 e. The van der Waals surface area contributed by atoms with Crippen LogP contribution >= 0.6 is 0 Å². The lowest BCUT2D eigenvalue weighted by Gasteiger charge is -1.90. The maximum absolute atomic E-state index is 10.6. The number of methoxy groups -OCH3 is 1. The zero-order valence-corrected chi connectivity index (χ0v) is 6.60. The maximum Gasteiger partial charge on any atom is 0.330 e. The summed E-state index contributed by atoms with van der Waals surface area (Å²) in [5.74, 6) is -0.383. The summed E-state index contributed by atoms with van der Waals surface area (Å²) in [4.78, 5) is 10.6. The zero-order valence-electron chi connectivity index (χ0n) is 6.60. The summed E-state index contributed by atoms with van der Waals surface area (Å²) in [5, 5.41) is 7.23.